The highest BCUT2D eigenvalue weighted by Gasteiger charge is 2.31. The number of methoxy groups -OCH3 is 1. The van der Waals surface area contributed by atoms with Crippen LogP contribution in [0.1, 0.15) is 22.7 Å². The molecule has 0 amide bonds. The molecule has 1 aromatic rings. The Balaban J connectivity index is 2.78. The summed E-state index contributed by atoms with van der Waals surface area (Å²) in [6, 6.07) is 3.20. The standard InChI is InChI=1S/C13H19F3N2O2/c1-9-7-10(13(14,15)16)3-4-11(9)12(18-17)8-20-6-5-19-2/h3-4,7,12,18H,5-6,8,17H2,1-2H3. The molecule has 0 aliphatic heterocycles. The molecule has 1 rings (SSSR count). The van der Waals surface area contributed by atoms with Gasteiger partial charge in [-0.15, -0.1) is 0 Å². The lowest BCUT2D eigenvalue weighted by Crippen LogP contribution is -2.32. The number of hydrogen-bond donors (Lipinski definition) is 2. The molecule has 0 fully saturated rings. The zero-order valence-electron chi connectivity index (χ0n) is 11.5. The number of halogens is 3. The highest BCUT2D eigenvalue weighted by molar-refractivity contribution is 5.34. The molecule has 1 atom stereocenters. The molecular formula is C13H19F3N2O2. The summed E-state index contributed by atoms with van der Waals surface area (Å²) in [5.41, 5.74) is 3.07. The molecular weight excluding hydrogens is 273 g/mol. The Bertz CT molecular complexity index is 425. The molecule has 4 nitrogen and oxygen atoms in total. The van der Waals surface area contributed by atoms with Crippen LogP contribution in [0.2, 0.25) is 0 Å². The minimum atomic E-state index is -4.34. The van der Waals surface area contributed by atoms with Gasteiger partial charge in [0.05, 0.1) is 31.4 Å². The average Bonchev–Trinajstić information content (AvgIpc) is 2.38. The zero-order chi connectivity index (χ0) is 15.2. The number of aryl methyl sites for hydroxylation is 1. The Kier molecular flexibility index (Phi) is 6.41. The highest BCUT2D eigenvalue weighted by atomic mass is 19.4. The van der Waals surface area contributed by atoms with E-state index >= 15 is 0 Å². The Labute approximate surface area is 116 Å². The third-order valence-corrected chi connectivity index (χ3v) is 2.89. The molecule has 0 aliphatic carbocycles. The van der Waals surface area contributed by atoms with Crippen LogP contribution in [-0.4, -0.2) is 26.9 Å². The summed E-state index contributed by atoms with van der Waals surface area (Å²) in [6.45, 7) is 2.72. The predicted octanol–water partition coefficient (Wildman–Crippen LogP) is 2.18. The first-order chi connectivity index (χ1) is 9.40. The molecule has 0 aromatic heterocycles. The summed E-state index contributed by atoms with van der Waals surface area (Å²) in [4.78, 5) is 0. The maximum atomic E-state index is 12.6. The summed E-state index contributed by atoms with van der Waals surface area (Å²) in [7, 11) is 1.56. The predicted molar refractivity (Wildman–Crippen MR) is 68.9 cm³/mol. The molecule has 0 bridgehead atoms. The minimum Gasteiger partial charge on any atom is -0.382 e. The van der Waals surface area contributed by atoms with Gasteiger partial charge in [0.25, 0.3) is 0 Å². The Morgan fingerprint density at radius 3 is 2.50 bits per heavy atom. The van der Waals surface area contributed by atoms with Crippen LogP contribution in [0.3, 0.4) is 0 Å². The number of hydrazine groups is 1. The van der Waals surface area contributed by atoms with E-state index in [-0.39, 0.29) is 12.6 Å². The number of nitrogens with one attached hydrogen (secondary N) is 1. The second-order valence-corrected chi connectivity index (χ2v) is 4.36. The lowest BCUT2D eigenvalue weighted by atomic mass is 9.99. The van der Waals surface area contributed by atoms with E-state index in [2.05, 4.69) is 5.43 Å². The van der Waals surface area contributed by atoms with E-state index in [1.54, 1.807) is 14.0 Å². The van der Waals surface area contributed by atoms with Crippen molar-refractivity contribution in [1.29, 1.82) is 0 Å². The average molecular weight is 292 g/mol. The van der Waals surface area contributed by atoms with Gasteiger partial charge in [0.2, 0.25) is 0 Å². The summed E-state index contributed by atoms with van der Waals surface area (Å²) in [5.74, 6) is 5.43. The third-order valence-electron chi connectivity index (χ3n) is 2.89. The smallest absolute Gasteiger partial charge is 0.382 e. The number of rotatable bonds is 7. The summed E-state index contributed by atoms with van der Waals surface area (Å²) in [6.07, 6.45) is -4.34. The van der Waals surface area contributed by atoms with E-state index in [9.17, 15) is 13.2 Å². The van der Waals surface area contributed by atoms with Crippen LogP contribution in [-0.2, 0) is 15.7 Å². The topological polar surface area (TPSA) is 56.5 Å². The molecule has 1 aromatic carbocycles. The molecule has 3 N–H and O–H groups in total. The van der Waals surface area contributed by atoms with E-state index in [1.807, 2.05) is 0 Å². The van der Waals surface area contributed by atoms with Crippen LogP contribution >= 0.6 is 0 Å². The molecule has 20 heavy (non-hydrogen) atoms. The quantitative estimate of drug-likeness (QED) is 0.459. The Morgan fingerprint density at radius 1 is 1.30 bits per heavy atom. The number of benzene rings is 1. The first-order valence-electron chi connectivity index (χ1n) is 6.10. The van der Waals surface area contributed by atoms with Gasteiger partial charge in [-0.3, -0.25) is 11.3 Å². The Morgan fingerprint density at radius 2 is 2.00 bits per heavy atom. The summed E-state index contributed by atoms with van der Waals surface area (Å²) in [5, 5.41) is 0. The lowest BCUT2D eigenvalue weighted by Gasteiger charge is -2.19. The third kappa shape index (κ3) is 4.75. The first kappa shape index (κ1) is 16.9. The first-order valence-corrected chi connectivity index (χ1v) is 6.10. The monoisotopic (exact) mass is 292 g/mol. The van der Waals surface area contributed by atoms with Crippen molar-refractivity contribution < 1.29 is 22.6 Å². The second kappa shape index (κ2) is 7.58. The van der Waals surface area contributed by atoms with Crippen molar-refractivity contribution in [2.75, 3.05) is 26.9 Å². The van der Waals surface area contributed by atoms with Gasteiger partial charge in [0.15, 0.2) is 0 Å². The van der Waals surface area contributed by atoms with Gasteiger partial charge in [-0.2, -0.15) is 13.2 Å². The maximum Gasteiger partial charge on any atom is 0.416 e. The fourth-order valence-corrected chi connectivity index (χ4v) is 1.81. The van der Waals surface area contributed by atoms with Crippen molar-refractivity contribution >= 4 is 0 Å². The van der Waals surface area contributed by atoms with E-state index < -0.39 is 11.7 Å². The SMILES string of the molecule is COCCOCC(NN)c1ccc(C(F)(F)F)cc1C. The number of hydrogen-bond acceptors (Lipinski definition) is 4. The van der Waals surface area contributed by atoms with E-state index in [1.165, 1.54) is 6.07 Å². The van der Waals surface area contributed by atoms with Gasteiger partial charge >= 0.3 is 6.18 Å². The molecule has 7 heteroatoms. The van der Waals surface area contributed by atoms with Gasteiger partial charge < -0.3 is 9.47 Å². The van der Waals surface area contributed by atoms with Crippen molar-refractivity contribution in [3.05, 3.63) is 34.9 Å². The van der Waals surface area contributed by atoms with Crippen LogP contribution in [0, 0.1) is 6.92 Å². The van der Waals surface area contributed by atoms with Gasteiger partial charge in [-0.05, 0) is 30.2 Å². The van der Waals surface area contributed by atoms with Crippen LogP contribution in [0.25, 0.3) is 0 Å². The molecule has 0 saturated carbocycles. The Hall–Kier alpha value is -1.15. The van der Waals surface area contributed by atoms with E-state index in [0.717, 1.165) is 12.1 Å². The lowest BCUT2D eigenvalue weighted by molar-refractivity contribution is -0.137. The van der Waals surface area contributed by atoms with Crippen LogP contribution in [0.5, 0.6) is 0 Å². The van der Waals surface area contributed by atoms with Crippen molar-refractivity contribution in [2.24, 2.45) is 5.84 Å². The zero-order valence-corrected chi connectivity index (χ0v) is 11.5. The second-order valence-electron chi connectivity index (χ2n) is 4.36. The van der Waals surface area contributed by atoms with Gasteiger partial charge in [-0.25, -0.2) is 0 Å². The van der Waals surface area contributed by atoms with Crippen molar-refractivity contribution in [3.63, 3.8) is 0 Å². The van der Waals surface area contributed by atoms with Crippen LogP contribution < -0.4 is 11.3 Å². The number of ether oxygens (including phenoxy) is 2. The minimum absolute atomic E-state index is 0.256. The summed E-state index contributed by atoms with van der Waals surface area (Å²) < 4.78 is 48.0. The normalized spacial score (nSPS) is 13.5. The highest BCUT2D eigenvalue weighted by Crippen LogP contribution is 2.31. The van der Waals surface area contributed by atoms with Crippen molar-refractivity contribution in [3.8, 4) is 0 Å². The molecule has 0 spiro atoms. The molecule has 1 unspecified atom stereocenters. The molecule has 0 aliphatic rings. The molecule has 114 valence electrons. The molecule has 0 heterocycles. The fourth-order valence-electron chi connectivity index (χ4n) is 1.81. The molecule has 0 saturated heterocycles. The van der Waals surface area contributed by atoms with E-state index in [4.69, 9.17) is 15.3 Å². The summed E-state index contributed by atoms with van der Waals surface area (Å²) >= 11 is 0. The van der Waals surface area contributed by atoms with E-state index in [0.29, 0.717) is 24.3 Å². The van der Waals surface area contributed by atoms with Crippen molar-refractivity contribution in [1.82, 2.24) is 5.43 Å². The molecule has 0 radical (unpaired) electrons. The number of nitrogens with two attached hydrogens (primary N) is 1. The van der Waals surface area contributed by atoms with Gasteiger partial charge in [-0.1, -0.05) is 6.07 Å². The van der Waals surface area contributed by atoms with Gasteiger partial charge in [0, 0.05) is 7.11 Å². The van der Waals surface area contributed by atoms with Gasteiger partial charge in [0.1, 0.15) is 0 Å². The largest absolute Gasteiger partial charge is 0.416 e. The van der Waals surface area contributed by atoms with Crippen LogP contribution in [0.4, 0.5) is 13.2 Å². The maximum absolute atomic E-state index is 12.6. The fraction of sp³-hybridized carbons (Fsp3) is 0.538. The number of alkyl halides is 3. The van der Waals surface area contributed by atoms with Crippen molar-refractivity contribution in [2.45, 2.75) is 19.1 Å². The van der Waals surface area contributed by atoms with Crippen LogP contribution in [0.15, 0.2) is 18.2 Å².